The normalized spacial score (nSPS) is 21.3. The van der Waals surface area contributed by atoms with Crippen LogP contribution in [0, 0.1) is 11.7 Å². The molecule has 1 saturated heterocycles. The van der Waals surface area contributed by atoms with Gasteiger partial charge in [0.2, 0.25) is 10.0 Å². The van der Waals surface area contributed by atoms with Crippen LogP contribution in [-0.4, -0.2) is 46.2 Å². The summed E-state index contributed by atoms with van der Waals surface area (Å²) in [6.07, 6.45) is 2.35. The lowest BCUT2D eigenvalue weighted by Gasteiger charge is -2.30. The molecule has 1 aromatic rings. The molecule has 21 heavy (non-hydrogen) atoms. The van der Waals surface area contributed by atoms with E-state index in [-0.39, 0.29) is 23.1 Å². The Morgan fingerprint density at radius 3 is 2.52 bits per heavy atom. The van der Waals surface area contributed by atoms with Gasteiger partial charge >= 0.3 is 0 Å². The predicted octanol–water partition coefficient (Wildman–Crippen LogP) is 1.27. The van der Waals surface area contributed by atoms with Crippen molar-refractivity contribution in [2.45, 2.75) is 17.7 Å². The highest BCUT2D eigenvalue weighted by molar-refractivity contribution is 7.91. The number of hydrogen-bond donors (Lipinski definition) is 0. The Kier molecular flexibility index (Phi) is 4.69. The molecule has 1 aromatic carbocycles. The monoisotopic (exact) mass is 335 g/mol. The Balaban J connectivity index is 2.16. The van der Waals surface area contributed by atoms with E-state index in [0.29, 0.717) is 19.4 Å². The Morgan fingerprint density at radius 1 is 1.24 bits per heavy atom. The first kappa shape index (κ1) is 16.4. The zero-order chi connectivity index (χ0) is 15.7. The van der Waals surface area contributed by atoms with Crippen LogP contribution in [0.2, 0.25) is 0 Å². The van der Waals surface area contributed by atoms with Crippen LogP contribution in [-0.2, 0) is 19.9 Å². The molecule has 2 rings (SSSR count). The molecule has 0 spiro atoms. The molecule has 118 valence electrons. The number of sulfonamides is 1. The van der Waals surface area contributed by atoms with Crippen molar-refractivity contribution in [3.63, 3.8) is 0 Å². The molecule has 1 atom stereocenters. The average Bonchev–Trinajstić information content (AvgIpc) is 2.37. The van der Waals surface area contributed by atoms with Gasteiger partial charge in [0.25, 0.3) is 0 Å². The van der Waals surface area contributed by atoms with E-state index in [1.165, 1.54) is 22.5 Å². The Labute approximate surface area is 124 Å². The number of rotatable bonds is 4. The molecule has 1 fully saturated rings. The molecule has 0 amide bonds. The maximum Gasteiger partial charge on any atom is 0.211 e. The van der Waals surface area contributed by atoms with Crippen molar-refractivity contribution < 1.29 is 21.2 Å². The predicted molar refractivity (Wildman–Crippen MR) is 77.6 cm³/mol. The van der Waals surface area contributed by atoms with Crippen LogP contribution in [0.5, 0.6) is 0 Å². The van der Waals surface area contributed by atoms with E-state index in [0.717, 1.165) is 12.3 Å². The zero-order valence-electron chi connectivity index (χ0n) is 11.7. The molecular weight excluding hydrogens is 317 g/mol. The van der Waals surface area contributed by atoms with Gasteiger partial charge in [-0.05, 0) is 30.9 Å². The molecule has 0 bridgehead atoms. The zero-order valence-corrected chi connectivity index (χ0v) is 13.3. The fourth-order valence-corrected chi connectivity index (χ4v) is 5.23. The fourth-order valence-electron chi connectivity index (χ4n) is 2.56. The lowest BCUT2D eigenvalue weighted by atomic mass is 10.0. The third kappa shape index (κ3) is 4.02. The highest BCUT2D eigenvalue weighted by Crippen LogP contribution is 2.24. The maximum atomic E-state index is 13.6. The first-order valence-corrected chi connectivity index (χ1v) is 10.1. The number of piperidine rings is 1. The van der Waals surface area contributed by atoms with Gasteiger partial charge in [-0.15, -0.1) is 0 Å². The largest absolute Gasteiger partial charge is 0.224 e. The van der Waals surface area contributed by atoms with Crippen LogP contribution in [0.1, 0.15) is 12.8 Å². The first-order valence-electron chi connectivity index (χ1n) is 6.62. The van der Waals surface area contributed by atoms with E-state index in [1.807, 2.05) is 0 Å². The van der Waals surface area contributed by atoms with Crippen LogP contribution < -0.4 is 0 Å². The van der Waals surface area contributed by atoms with E-state index >= 15 is 0 Å². The summed E-state index contributed by atoms with van der Waals surface area (Å²) in [6.45, 7) is 0.585. The maximum absolute atomic E-state index is 13.6. The smallest absolute Gasteiger partial charge is 0.211 e. The van der Waals surface area contributed by atoms with Gasteiger partial charge in [0.1, 0.15) is 10.7 Å². The molecule has 1 aliphatic rings. The number of halogens is 1. The summed E-state index contributed by atoms with van der Waals surface area (Å²) in [4.78, 5) is -0.318. The molecule has 0 saturated carbocycles. The minimum atomic E-state index is -3.76. The molecule has 0 aromatic heterocycles. The SMILES string of the molecule is CS(=O)(=O)N1CCCC(CS(=O)(=O)c2ccccc2F)C1. The highest BCUT2D eigenvalue weighted by Gasteiger charge is 2.30. The molecule has 8 heteroatoms. The molecule has 0 radical (unpaired) electrons. The van der Waals surface area contributed by atoms with Crippen LogP contribution in [0.25, 0.3) is 0 Å². The Morgan fingerprint density at radius 2 is 1.90 bits per heavy atom. The fraction of sp³-hybridized carbons (Fsp3) is 0.538. The van der Waals surface area contributed by atoms with Gasteiger partial charge < -0.3 is 0 Å². The number of benzene rings is 1. The van der Waals surface area contributed by atoms with Gasteiger partial charge in [-0.3, -0.25) is 0 Å². The molecule has 1 aliphatic heterocycles. The van der Waals surface area contributed by atoms with Gasteiger partial charge in [-0.25, -0.2) is 25.5 Å². The average molecular weight is 335 g/mol. The third-order valence-electron chi connectivity index (χ3n) is 3.58. The molecule has 1 unspecified atom stereocenters. The van der Waals surface area contributed by atoms with Crippen molar-refractivity contribution in [3.05, 3.63) is 30.1 Å². The van der Waals surface area contributed by atoms with Crippen LogP contribution >= 0.6 is 0 Å². The molecule has 1 heterocycles. The number of hydrogen-bond acceptors (Lipinski definition) is 4. The van der Waals surface area contributed by atoms with Crippen molar-refractivity contribution in [1.29, 1.82) is 0 Å². The second-order valence-corrected chi connectivity index (χ2v) is 9.33. The van der Waals surface area contributed by atoms with Crippen LogP contribution in [0.4, 0.5) is 4.39 Å². The Hall–Kier alpha value is -0.990. The standard InChI is InChI=1S/C13H18FNO4S2/c1-20(16,17)15-8-4-5-11(9-15)10-21(18,19)13-7-3-2-6-12(13)14/h2-3,6-7,11H,4-5,8-10H2,1H3. The van der Waals surface area contributed by atoms with Gasteiger partial charge in [-0.2, -0.15) is 0 Å². The molecule has 0 aliphatic carbocycles. The van der Waals surface area contributed by atoms with Crippen molar-refractivity contribution in [2.24, 2.45) is 5.92 Å². The summed E-state index contributed by atoms with van der Waals surface area (Å²) in [6, 6.07) is 5.25. The number of sulfone groups is 1. The van der Waals surface area contributed by atoms with Gasteiger partial charge in [0.15, 0.2) is 9.84 Å². The molecular formula is C13H18FNO4S2. The summed E-state index contributed by atoms with van der Waals surface area (Å²) in [5.74, 6) is -1.31. The van der Waals surface area contributed by atoms with E-state index in [2.05, 4.69) is 0 Å². The van der Waals surface area contributed by atoms with Crippen molar-refractivity contribution in [2.75, 3.05) is 25.1 Å². The van der Waals surface area contributed by atoms with Crippen molar-refractivity contribution in [1.82, 2.24) is 4.31 Å². The highest BCUT2D eigenvalue weighted by atomic mass is 32.2. The van der Waals surface area contributed by atoms with E-state index in [4.69, 9.17) is 0 Å². The van der Waals surface area contributed by atoms with Crippen molar-refractivity contribution in [3.8, 4) is 0 Å². The van der Waals surface area contributed by atoms with E-state index in [1.54, 1.807) is 0 Å². The quantitative estimate of drug-likeness (QED) is 0.831. The number of nitrogens with zero attached hydrogens (tertiary/aromatic N) is 1. The topological polar surface area (TPSA) is 71.5 Å². The Bertz CT molecular complexity index is 715. The lowest BCUT2D eigenvalue weighted by Crippen LogP contribution is -2.41. The van der Waals surface area contributed by atoms with Gasteiger partial charge in [0, 0.05) is 13.1 Å². The van der Waals surface area contributed by atoms with Gasteiger partial charge in [-0.1, -0.05) is 12.1 Å². The third-order valence-corrected chi connectivity index (χ3v) is 6.76. The van der Waals surface area contributed by atoms with E-state index < -0.39 is 25.7 Å². The van der Waals surface area contributed by atoms with Crippen LogP contribution in [0.15, 0.2) is 29.2 Å². The molecule has 0 N–H and O–H groups in total. The summed E-state index contributed by atoms with van der Waals surface area (Å²) >= 11 is 0. The second kappa shape index (κ2) is 6.02. The minimum Gasteiger partial charge on any atom is -0.224 e. The second-order valence-electron chi connectivity index (χ2n) is 5.34. The van der Waals surface area contributed by atoms with Crippen LogP contribution in [0.3, 0.4) is 0 Å². The lowest BCUT2D eigenvalue weighted by molar-refractivity contribution is 0.283. The van der Waals surface area contributed by atoms with Gasteiger partial charge in [0.05, 0.1) is 12.0 Å². The first-order chi connectivity index (χ1) is 9.70. The minimum absolute atomic E-state index is 0.173. The van der Waals surface area contributed by atoms with E-state index in [9.17, 15) is 21.2 Å². The van der Waals surface area contributed by atoms with Crippen molar-refractivity contribution >= 4 is 19.9 Å². The summed E-state index contributed by atoms with van der Waals surface area (Å²) in [7, 11) is -7.08. The molecule has 5 nitrogen and oxygen atoms in total. The summed E-state index contributed by atoms with van der Waals surface area (Å²) in [5.41, 5.74) is 0. The summed E-state index contributed by atoms with van der Waals surface area (Å²) < 4.78 is 62.5. The summed E-state index contributed by atoms with van der Waals surface area (Å²) in [5, 5.41) is 0.